The van der Waals surface area contributed by atoms with E-state index in [0.29, 0.717) is 6.29 Å². The average molecular weight is 193 g/mol. The van der Waals surface area contributed by atoms with Crippen LogP contribution >= 0.6 is 0 Å². The van der Waals surface area contributed by atoms with E-state index in [0.717, 1.165) is 0 Å². The van der Waals surface area contributed by atoms with Crippen LogP contribution in [-0.2, 0) is 4.79 Å². The van der Waals surface area contributed by atoms with Crippen LogP contribution in [0.15, 0.2) is 30.3 Å². The Balaban J connectivity index is 0.000000204. The molecule has 0 unspecified atom stereocenters. The van der Waals surface area contributed by atoms with Gasteiger partial charge in [0.15, 0.2) is 0 Å². The first kappa shape index (κ1) is 12.8. The molecule has 1 aromatic rings. The number of aldehydes is 1. The molecule has 2 heteroatoms. The number of hydrogen-bond donors (Lipinski definition) is 1. The molecule has 1 fully saturated rings. The third-order valence-electron chi connectivity index (χ3n) is 1.39. The molecule has 1 aliphatic rings. The van der Waals surface area contributed by atoms with Crippen molar-refractivity contribution >= 4 is 6.29 Å². The van der Waals surface area contributed by atoms with E-state index >= 15 is 0 Å². The standard InChI is InChI=1S/C7H8.C3H6.C2H5NO/c1-7-5-3-2-4-6-7;1-2-3-1;3-1-2-4/h2-6H,1H3;1-3H2;2H,1,3H2. The van der Waals surface area contributed by atoms with Crippen molar-refractivity contribution in [3.63, 3.8) is 0 Å². The zero-order chi connectivity index (χ0) is 10.6. The maximum atomic E-state index is 9.05. The van der Waals surface area contributed by atoms with E-state index in [1.54, 1.807) is 0 Å². The van der Waals surface area contributed by atoms with Crippen molar-refractivity contribution < 1.29 is 4.79 Å². The number of nitrogens with two attached hydrogens (primary N) is 1. The first-order valence-electron chi connectivity index (χ1n) is 4.96. The van der Waals surface area contributed by atoms with Crippen LogP contribution in [0.5, 0.6) is 0 Å². The number of carbonyl (C=O) groups is 1. The van der Waals surface area contributed by atoms with Crippen molar-refractivity contribution in [2.24, 2.45) is 5.73 Å². The van der Waals surface area contributed by atoms with Gasteiger partial charge in [0.25, 0.3) is 0 Å². The molecule has 1 aromatic carbocycles. The zero-order valence-electron chi connectivity index (χ0n) is 8.78. The molecule has 0 saturated heterocycles. The van der Waals surface area contributed by atoms with Gasteiger partial charge in [-0.25, -0.2) is 0 Å². The molecule has 0 atom stereocenters. The molecule has 78 valence electrons. The van der Waals surface area contributed by atoms with E-state index in [2.05, 4.69) is 24.8 Å². The van der Waals surface area contributed by atoms with Crippen LogP contribution in [0.2, 0.25) is 0 Å². The topological polar surface area (TPSA) is 43.1 Å². The summed E-state index contributed by atoms with van der Waals surface area (Å²) in [5.41, 5.74) is 5.98. The molecule has 14 heavy (non-hydrogen) atoms. The van der Waals surface area contributed by atoms with Gasteiger partial charge >= 0.3 is 0 Å². The molecular formula is C12H19NO. The fourth-order valence-corrected chi connectivity index (χ4v) is 0.534. The summed E-state index contributed by atoms with van der Waals surface area (Å²) in [5, 5.41) is 0. The lowest BCUT2D eigenvalue weighted by atomic mass is 10.2. The molecule has 0 spiro atoms. The van der Waals surface area contributed by atoms with Crippen LogP contribution in [0.25, 0.3) is 0 Å². The van der Waals surface area contributed by atoms with Crippen molar-refractivity contribution in [1.82, 2.24) is 0 Å². The van der Waals surface area contributed by atoms with Gasteiger partial charge in [0.2, 0.25) is 0 Å². The smallest absolute Gasteiger partial charge is 0.133 e. The highest BCUT2D eigenvalue weighted by molar-refractivity contribution is 5.51. The van der Waals surface area contributed by atoms with Gasteiger partial charge in [-0.15, -0.1) is 0 Å². The molecule has 1 saturated carbocycles. The highest BCUT2D eigenvalue weighted by atomic mass is 16.1. The minimum atomic E-state index is 0.139. The van der Waals surface area contributed by atoms with Gasteiger partial charge in [-0.2, -0.15) is 0 Å². The summed E-state index contributed by atoms with van der Waals surface area (Å²) in [6.45, 7) is 2.22. The van der Waals surface area contributed by atoms with Gasteiger partial charge in [-0.05, 0) is 6.92 Å². The molecule has 0 bridgehead atoms. The normalized spacial score (nSPS) is 11.3. The number of hydrogen-bond acceptors (Lipinski definition) is 2. The molecule has 0 radical (unpaired) electrons. The second kappa shape index (κ2) is 9.93. The van der Waals surface area contributed by atoms with Gasteiger partial charge in [-0.1, -0.05) is 55.2 Å². The van der Waals surface area contributed by atoms with Crippen molar-refractivity contribution in [1.29, 1.82) is 0 Å². The third-order valence-corrected chi connectivity index (χ3v) is 1.39. The van der Waals surface area contributed by atoms with Gasteiger partial charge in [-0.3, -0.25) is 0 Å². The van der Waals surface area contributed by atoms with E-state index in [9.17, 15) is 0 Å². The Kier molecular flexibility index (Phi) is 9.12. The lowest BCUT2D eigenvalue weighted by Crippen LogP contribution is -1.97. The second-order valence-electron chi connectivity index (χ2n) is 3.12. The van der Waals surface area contributed by atoms with Crippen molar-refractivity contribution in [3.8, 4) is 0 Å². The average Bonchev–Trinajstić information content (AvgIpc) is 3.06. The lowest BCUT2D eigenvalue weighted by molar-refractivity contribution is -0.106. The molecular weight excluding hydrogens is 174 g/mol. The van der Waals surface area contributed by atoms with Gasteiger partial charge in [0.05, 0.1) is 0 Å². The highest BCUT2D eigenvalue weighted by Gasteiger charge is 1.95. The van der Waals surface area contributed by atoms with Crippen molar-refractivity contribution in [2.75, 3.05) is 6.54 Å². The van der Waals surface area contributed by atoms with Crippen LogP contribution in [0.3, 0.4) is 0 Å². The number of carbonyl (C=O) groups excluding carboxylic acids is 1. The van der Waals surface area contributed by atoms with Crippen LogP contribution in [-0.4, -0.2) is 12.8 Å². The first-order valence-corrected chi connectivity index (χ1v) is 4.96. The van der Waals surface area contributed by atoms with E-state index in [4.69, 9.17) is 4.79 Å². The Morgan fingerprint density at radius 1 is 1.21 bits per heavy atom. The summed E-state index contributed by atoms with van der Waals surface area (Å²) >= 11 is 0. The predicted molar refractivity (Wildman–Crippen MR) is 60.1 cm³/mol. The van der Waals surface area contributed by atoms with Crippen LogP contribution in [0.4, 0.5) is 0 Å². The van der Waals surface area contributed by atoms with E-state index in [1.165, 1.54) is 24.8 Å². The summed E-state index contributed by atoms with van der Waals surface area (Å²) in [4.78, 5) is 9.05. The van der Waals surface area contributed by atoms with Crippen molar-refractivity contribution in [3.05, 3.63) is 35.9 Å². The van der Waals surface area contributed by atoms with Gasteiger partial charge in [0, 0.05) is 6.54 Å². The van der Waals surface area contributed by atoms with Crippen LogP contribution in [0.1, 0.15) is 24.8 Å². The SMILES string of the molecule is C1CC1.Cc1ccccc1.NCC=O. The van der Waals surface area contributed by atoms with Gasteiger partial charge in [0.1, 0.15) is 6.29 Å². The molecule has 2 nitrogen and oxygen atoms in total. The van der Waals surface area contributed by atoms with Crippen LogP contribution in [0, 0.1) is 6.92 Å². The predicted octanol–water partition coefficient (Wildman–Crippen LogP) is 2.31. The summed E-state index contributed by atoms with van der Waals surface area (Å²) in [6, 6.07) is 10.3. The second-order valence-corrected chi connectivity index (χ2v) is 3.12. The van der Waals surface area contributed by atoms with E-state index in [-0.39, 0.29) is 6.54 Å². The largest absolute Gasteiger partial charge is 0.324 e. The minimum absolute atomic E-state index is 0.139. The quantitative estimate of drug-likeness (QED) is 0.695. The Morgan fingerprint density at radius 2 is 1.64 bits per heavy atom. The molecule has 2 rings (SSSR count). The maximum absolute atomic E-state index is 9.05. The summed E-state index contributed by atoms with van der Waals surface area (Å²) in [5.74, 6) is 0. The number of benzene rings is 1. The first-order chi connectivity index (χ1) is 6.81. The molecule has 0 aromatic heterocycles. The lowest BCUT2D eigenvalue weighted by Gasteiger charge is -1.82. The summed E-state index contributed by atoms with van der Waals surface area (Å²) in [7, 11) is 0. The summed E-state index contributed by atoms with van der Waals surface area (Å²) in [6.07, 6.45) is 5.15. The Bertz CT molecular complexity index is 216. The fraction of sp³-hybridized carbons (Fsp3) is 0.417. The molecule has 1 aliphatic carbocycles. The van der Waals surface area contributed by atoms with Crippen LogP contribution < -0.4 is 5.73 Å². The van der Waals surface area contributed by atoms with Gasteiger partial charge < -0.3 is 10.5 Å². The fourth-order valence-electron chi connectivity index (χ4n) is 0.534. The molecule has 2 N–H and O–H groups in total. The Hall–Kier alpha value is -1.15. The van der Waals surface area contributed by atoms with E-state index < -0.39 is 0 Å². The molecule has 0 aliphatic heterocycles. The summed E-state index contributed by atoms with van der Waals surface area (Å²) < 4.78 is 0. The third kappa shape index (κ3) is 13.4. The molecule has 0 heterocycles. The number of aryl methyl sites for hydroxylation is 1. The van der Waals surface area contributed by atoms with Crippen molar-refractivity contribution in [2.45, 2.75) is 26.2 Å². The Morgan fingerprint density at radius 3 is 1.79 bits per heavy atom. The number of rotatable bonds is 1. The highest BCUT2D eigenvalue weighted by Crippen LogP contribution is 2.14. The monoisotopic (exact) mass is 193 g/mol. The maximum Gasteiger partial charge on any atom is 0.133 e. The molecule has 0 amide bonds. The Labute approximate surface area is 86.1 Å². The zero-order valence-corrected chi connectivity index (χ0v) is 8.78. The minimum Gasteiger partial charge on any atom is -0.324 e. The van der Waals surface area contributed by atoms with E-state index in [1.807, 2.05) is 18.2 Å².